The molecule has 1 fully saturated rings. The molecule has 1 aliphatic rings. The minimum Gasteiger partial charge on any atom is -0.387 e. The topological polar surface area (TPSA) is 120 Å². The number of amidine groups is 1. The first-order chi connectivity index (χ1) is 14.1. The Morgan fingerprint density at radius 2 is 1.83 bits per heavy atom. The van der Waals surface area contributed by atoms with E-state index in [4.69, 9.17) is 15.7 Å². The highest BCUT2D eigenvalue weighted by Gasteiger charge is 2.52. The number of nitrogens with one attached hydrogen (secondary N) is 1. The normalized spacial score (nSPS) is 14.6. The van der Waals surface area contributed by atoms with Crippen molar-refractivity contribution in [2.75, 3.05) is 0 Å². The van der Waals surface area contributed by atoms with Crippen LogP contribution in [0.4, 0.5) is 0 Å². The molecule has 4 aromatic rings. The molecule has 144 valence electrons. The molecular weight excluding hydrogens is 366 g/mol. The third-order valence-corrected chi connectivity index (χ3v) is 5.27. The van der Waals surface area contributed by atoms with Crippen LogP contribution in [0, 0.1) is 5.41 Å². The van der Waals surface area contributed by atoms with Crippen molar-refractivity contribution < 1.29 is 4.52 Å². The van der Waals surface area contributed by atoms with E-state index in [-0.39, 0.29) is 5.84 Å². The average Bonchev–Trinajstić information content (AvgIpc) is 3.19. The summed E-state index contributed by atoms with van der Waals surface area (Å²) in [6, 6.07) is 17.9. The van der Waals surface area contributed by atoms with E-state index in [0.29, 0.717) is 18.3 Å². The van der Waals surface area contributed by atoms with Gasteiger partial charge in [-0.2, -0.15) is 4.98 Å². The third kappa shape index (κ3) is 3.18. The van der Waals surface area contributed by atoms with E-state index < -0.39 is 5.41 Å². The molecule has 3 N–H and O–H groups in total. The SMILES string of the molecule is N=C(N)C1(c2nc(-c3ccc(Cn4cc(-c5ccccc5)nn4)cc3)no2)CC1. The highest BCUT2D eigenvalue weighted by molar-refractivity contribution is 5.91. The van der Waals surface area contributed by atoms with Gasteiger partial charge in [0, 0.05) is 11.1 Å². The van der Waals surface area contributed by atoms with Gasteiger partial charge in [-0.1, -0.05) is 65.0 Å². The number of benzene rings is 2. The van der Waals surface area contributed by atoms with Crippen molar-refractivity contribution in [3.63, 3.8) is 0 Å². The van der Waals surface area contributed by atoms with E-state index in [1.54, 1.807) is 0 Å². The fraction of sp³-hybridized carbons (Fsp3) is 0.190. The standard InChI is InChI=1S/C21H19N7O/c22-19(23)21(10-11-21)20-24-18(26-29-20)16-8-6-14(7-9-16)12-28-13-17(25-27-28)15-4-2-1-3-5-15/h1-9,13H,10-12H2,(H3,22,23). The Bertz CT molecular complexity index is 1160. The summed E-state index contributed by atoms with van der Waals surface area (Å²) in [4.78, 5) is 4.46. The van der Waals surface area contributed by atoms with Crippen molar-refractivity contribution in [3.8, 4) is 22.6 Å². The number of nitrogens with two attached hydrogens (primary N) is 1. The zero-order valence-corrected chi connectivity index (χ0v) is 15.6. The van der Waals surface area contributed by atoms with Gasteiger partial charge in [-0.15, -0.1) is 5.10 Å². The molecule has 2 aromatic heterocycles. The molecule has 0 radical (unpaired) electrons. The second kappa shape index (κ2) is 6.66. The highest BCUT2D eigenvalue weighted by Crippen LogP contribution is 2.47. The highest BCUT2D eigenvalue weighted by atomic mass is 16.5. The summed E-state index contributed by atoms with van der Waals surface area (Å²) in [6.07, 6.45) is 3.50. The summed E-state index contributed by atoms with van der Waals surface area (Å²) >= 11 is 0. The van der Waals surface area contributed by atoms with E-state index in [9.17, 15) is 0 Å². The minimum absolute atomic E-state index is 0.0887. The molecule has 2 heterocycles. The Morgan fingerprint density at radius 3 is 2.52 bits per heavy atom. The van der Waals surface area contributed by atoms with Crippen LogP contribution in [0.5, 0.6) is 0 Å². The summed E-state index contributed by atoms with van der Waals surface area (Å²) in [7, 11) is 0. The minimum atomic E-state index is -0.547. The molecular formula is C21H19N7O. The van der Waals surface area contributed by atoms with Crippen LogP contribution >= 0.6 is 0 Å². The summed E-state index contributed by atoms with van der Waals surface area (Å²) in [5.41, 5.74) is 8.97. The Hall–Kier alpha value is -3.81. The fourth-order valence-corrected chi connectivity index (χ4v) is 3.32. The molecule has 0 aliphatic heterocycles. The van der Waals surface area contributed by atoms with Crippen molar-refractivity contribution in [2.24, 2.45) is 5.73 Å². The maximum Gasteiger partial charge on any atom is 0.240 e. The Morgan fingerprint density at radius 1 is 1.07 bits per heavy atom. The number of rotatable bonds is 6. The zero-order chi connectivity index (χ0) is 19.8. The van der Waals surface area contributed by atoms with E-state index in [1.807, 2.05) is 65.5 Å². The number of nitrogens with zero attached hydrogens (tertiary/aromatic N) is 5. The molecule has 1 aliphatic carbocycles. The van der Waals surface area contributed by atoms with Crippen LogP contribution in [-0.4, -0.2) is 31.0 Å². The first-order valence-corrected chi connectivity index (χ1v) is 9.38. The summed E-state index contributed by atoms with van der Waals surface area (Å²) in [6.45, 7) is 0.616. The second-order valence-corrected chi connectivity index (χ2v) is 7.28. The lowest BCUT2D eigenvalue weighted by atomic mass is 10.1. The van der Waals surface area contributed by atoms with Gasteiger partial charge in [0.2, 0.25) is 11.7 Å². The number of hydrogen-bond acceptors (Lipinski definition) is 6. The quantitative estimate of drug-likeness (QED) is 0.389. The van der Waals surface area contributed by atoms with Crippen molar-refractivity contribution in [1.29, 1.82) is 5.41 Å². The maximum absolute atomic E-state index is 7.74. The number of hydrogen-bond donors (Lipinski definition) is 2. The summed E-state index contributed by atoms with van der Waals surface area (Å²) < 4.78 is 7.19. The molecule has 0 unspecified atom stereocenters. The van der Waals surface area contributed by atoms with Gasteiger partial charge in [-0.25, -0.2) is 4.68 Å². The predicted molar refractivity (Wildman–Crippen MR) is 107 cm³/mol. The summed E-state index contributed by atoms with van der Waals surface area (Å²) in [5.74, 6) is 1.03. The second-order valence-electron chi connectivity index (χ2n) is 7.28. The number of aromatic nitrogens is 5. The molecule has 8 heteroatoms. The van der Waals surface area contributed by atoms with Crippen LogP contribution < -0.4 is 5.73 Å². The maximum atomic E-state index is 7.74. The van der Waals surface area contributed by atoms with Crippen LogP contribution in [-0.2, 0) is 12.0 Å². The van der Waals surface area contributed by atoms with E-state index in [2.05, 4.69) is 20.5 Å². The van der Waals surface area contributed by atoms with E-state index in [0.717, 1.165) is 35.2 Å². The van der Waals surface area contributed by atoms with Crippen molar-refractivity contribution in [2.45, 2.75) is 24.8 Å². The fourth-order valence-electron chi connectivity index (χ4n) is 3.32. The first-order valence-electron chi connectivity index (χ1n) is 9.38. The zero-order valence-electron chi connectivity index (χ0n) is 15.6. The van der Waals surface area contributed by atoms with Gasteiger partial charge in [0.05, 0.1) is 12.7 Å². The average molecular weight is 385 g/mol. The largest absolute Gasteiger partial charge is 0.387 e. The van der Waals surface area contributed by atoms with Gasteiger partial charge in [0.15, 0.2) is 0 Å². The van der Waals surface area contributed by atoms with Gasteiger partial charge in [-0.05, 0) is 18.4 Å². The molecule has 0 saturated heterocycles. The van der Waals surface area contributed by atoms with Gasteiger partial charge in [-0.3, -0.25) is 5.41 Å². The van der Waals surface area contributed by atoms with Crippen molar-refractivity contribution >= 4 is 5.84 Å². The molecule has 0 spiro atoms. The first kappa shape index (κ1) is 17.3. The van der Waals surface area contributed by atoms with Crippen LogP contribution in [0.3, 0.4) is 0 Å². The summed E-state index contributed by atoms with van der Waals surface area (Å²) in [5, 5.41) is 20.3. The molecule has 1 saturated carbocycles. The van der Waals surface area contributed by atoms with E-state index in [1.165, 1.54) is 0 Å². The molecule has 2 aromatic carbocycles. The van der Waals surface area contributed by atoms with Crippen LogP contribution in [0.25, 0.3) is 22.6 Å². The lowest BCUT2D eigenvalue weighted by molar-refractivity contribution is 0.367. The monoisotopic (exact) mass is 385 g/mol. The lowest BCUT2D eigenvalue weighted by Gasteiger charge is -2.05. The molecule has 29 heavy (non-hydrogen) atoms. The van der Waals surface area contributed by atoms with Gasteiger partial charge in [0.25, 0.3) is 0 Å². The van der Waals surface area contributed by atoms with Gasteiger partial charge >= 0.3 is 0 Å². The Labute approximate surface area is 166 Å². The molecule has 0 atom stereocenters. The third-order valence-electron chi connectivity index (χ3n) is 5.27. The molecule has 0 amide bonds. The molecule has 5 rings (SSSR count). The van der Waals surface area contributed by atoms with Crippen molar-refractivity contribution in [3.05, 3.63) is 72.2 Å². The van der Waals surface area contributed by atoms with Crippen LogP contribution in [0.2, 0.25) is 0 Å². The van der Waals surface area contributed by atoms with Gasteiger partial charge < -0.3 is 10.3 Å². The molecule has 0 bridgehead atoms. The Kier molecular flexibility index (Phi) is 3.97. The van der Waals surface area contributed by atoms with Crippen LogP contribution in [0.1, 0.15) is 24.3 Å². The van der Waals surface area contributed by atoms with Crippen molar-refractivity contribution in [1.82, 2.24) is 25.1 Å². The lowest BCUT2D eigenvalue weighted by Crippen LogP contribution is -2.27. The van der Waals surface area contributed by atoms with Crippen LogP contribution in [0.15, 0.2) is 65.3 Å². The smallest absolute Gasteiger partial charge is 0.240 e. The molecule has 8 nitrogen and oxygen atoms in total. The van der Waals surface area contributed by atoms with E-state index >= 15 is 0 Å². The predicted octanol–water partition coefficient (Wildman–Crippen LogP) is 3.01. The Balaban J connectivity index is 1.31. The van der Waals surface area contributed by atoms with Gasteiger partial charge in [0.1, 0.15) is 16.9 Å².